The van der Waals surface area contributed by atoms with Crippen LogP contribution in [0, 0.1) is 20.8 Å². The molecule has 0 atom stereocenters. The normalized spacial score (nSPS) is 12.2. The Hall–Kier alpha value is -5.15. The summed E-state index contributed by atoms with van der Waals surface area (Å²) in [7, 11) is 1.70. The molecule has 1 amide bonds. The van der Waals surface area contributed by atoms with Crippen LogP contribution in [0.2, 0.25) is 0 Å². The zero-order chi connectivity index (χ0) is 34.2. The third-order valence-corrected chi connectivity index (χ3v) is 8.17. The molecule has 0 saturated heterocycles. The summed E-state index contributed by atoms with van der Waals surface area (Å²) in [5.74, 6) is 1.14. The van der Waals surface area contributed by atoms with Crippen LogP contribution in [0.3, 0.4) is 0 Å². The quantitative estimate of drug-likeness (QED) is 0.0615. The number of aromatic nitrogens is 1. The van der Waals surface area contributed by atoms with Gasteiger partial charge in [-0.2, -0.15) is 0 Å². The smallest absolute Gasteiger partial charge is 0.336 e. The molecule has 9 heteroatoms. The van der Waals surface area contributed by atoms with Crippen LogP contribution in [0.4, 0.5) is 5.69 Å². The van der Waals surface area contributed by atoms with Gasteiger partial charge in [0, 0.05) is 41.5 Å². The predicted octanol–water partition coefficient (Wildman–Crippen LogP) is 5.33. The van der Waals surface area contributed by atoms with Crippen LogP contribution < -0.4 is 42.0 Å². The highest BCUT2D eigenvalue weighted by Gasteiger charge is 2.15. The van der Waals surface area contributed by atoms with E-state index in [1.165, 1.54) is 22.8 Å². The maximum atomic E-state index is 12.6. The fraction of sp³-hybridized carbons (Fsp3) is 0.225. The van der Waals surface area contributed by atoms with E-state index in [-0.39, 0.29) is 22.9 Å². The molecule has 0 spiro atoms. The van der Waals surface area contributed by atoms with E-state index in [1.807, 2.05) is 73.3 Å². The van der Waals surface area contributed by atoms with Gasteiger partial charge in [-0.15, -0.1) is 0 Å². The van der Waals surface area contributed by atoms with Gasteiger partial charge in [-0.05, 0) is 86.7 Å². The number of amides is 1. The van der Waals surface area contributed by atoms with Crippen LogP contribution in [0.1, 0.15) is 42.5 Å². The van der Waals surface area contributed by atoms with Crippen LogP contribution in [0.25, 0.3) is 28.0 Å². The van der Waals surface area contributed by atoms with Crippen molar-refractivity contribution >= 4 is 39.6 Å². The molecule has 1 N–H and O–H groups in total. The largest absolute Gasteiger partial charge is 1.00 e. The maximum absolute atomic E-state index is 12.6. The van der Waals surface area contributed by atoms with E-state index in [0.717, 1.165) is 33.2 Å². The van der Waals surface area contributed by atoms with Crippen LogP contribution >= 0.6 is 0 Å². The molecule has 0 radical (unpaired) electrons. The lowest BCUT2D eigenvalue weighted by Gasteiger charge is -2.13. The van der Waals surface area contributed by atoms with Crippen molar-refractivity contribution in [3.8, 4) is 11.5 Å². The monoisotopic (exact) mass is 724 g/mol. The average Bonchev–Trinajstić information content (AvgIpc) is 3.53. The van der Waals surface area contributed by atoms with E-state index in [1.54, 1.807) is 25.5 Å². The van der Waals surface area contributed by atoms with Crippen molar-refractivity contribution in [3.05, 3.63) is 135 Å². The minimum atomic E-state index is -0.444. The molecule has 3 aromatic heterocycles. The summed E-state index contributed by atoms with van der Waals surface area (Å²) in [5, 5.41) is 4.56. The Bertz CT molecular complexity index is 2130. The fourth-order valence-electron chi connectivity index (χ4n) is 5.44. The highest BCUT2D eigenvalue weighted by molar-refractivity contribution is 6.00. The number of fused-ring (bicyclic) bond motifs is 2. The van der Waals surface area contributed by atoms with Crippen molar-refractivity contribution in [1.82, 2.24) is 0 Å². The van der Waals surface area contributed by atoms with Gasteiger partial charge in [-0.3, -0.25) is 4.79 Å². The highest BCUT2D eigenvalue weighted by atomic mass is 79.9. The van der Waals surface area contributed by atoms with E-state index in [2.05, 4.69) is 44.3 Å². The van der Waals surface area contributed by atoms with Gasteiger partial charge in [0.15, 0.2) is 30.1 Å². The van der Waals surface area contributed by atoms with Crippen LogP contribution in [-0.4, -0.2) is 19.6 Å². The number of furan rings is 1. The molecule has 3 heterocycles. The number of hydrogen-bond donors (Lipinski definition) is 1. The van der Waals surface area contributed by atoms with E-state index in [9.17, 15) is 9.59 Å². The topological polar surface area (TPSA) is 94.8 Å². The summed E-state index contributed by atoms with van der Waals surface area (Å²) < 4.78 is 24.6. The third kappa shape index (κ3) is 9.27. The molecule has 49 heavy (non-hydrogen) atoms. The van der Waals surface area contributed by atoms with Crippen molar-refractivity contribution < 1.29 is 44.7 Å². The van der Waals surface area contributed by atoms with Gasteiger partial charge >= 0.3 is 5.63 Å². The molecule has 0 aliphatic heterocycles. The highest BCUT2D eigenvalue weighted by Crippen LogP contribution is 2.35. The Labute approximate surface area is 296 Å². The minimum Gasteiger partial charge on any atom is -1.00 e. The number of carbonyl (C=O) groups is 1. The number of nitrogens with zero attached hydrogens (tertiary/aromatic N) is 1. The van der Waals surface area contributed by atoms with Gasteiger partial charge in [-0.25, -0.2) is 9.36 Å². The molecule has 0 fully saturated rings. The minimum absolute atomic E-state index is 0. The van der Waals surface area contributed by atoms with E-state index < -0.39 is 5.63 Å². The Morgan fingerprint density at radius 3 is 2.45 bits per heavy atom. The standard InChI is InChI=1S/C40H40N2O6.BrH/c1-26(11-13-34-28(3)24-35(45-6)30(5)29(34)4)9-7-10-27(2)23-36(43)41-33-15-19-42(20-16-33)18-8-21-46-40-38-32(17-22-47-38)25-31-12-14-37(44)48-39(31)40;/h7,9-17,19-20,22-25H,8,18,21H2,1-6H3;1H/b10-7+,13-11+,26-9+,27-23+;. The molecule has 2 aromatic carbocycles. The number of halogens is 1. The number of carbonyl (C=O) groups excluding carboxylic acids is 1. The van der Waals surface area contributed by atoms with Crippen LogP contribution in [0.15, 0.2) is 116 Å². The van der Waals surface area contributed by atoms with Gasteiger partial charge in [-0.1, -0.05) is 36.0 Å². The molecule has 5 aromatic rings. The zero-order valence-corrected chi connectivity index (χ0v) is 30.2. The number of rotatable bonds is 12. The van der Waals surface area contributed by atoms with Crippen molar-refractivity contribution in [2.75, 3.05) is 19.0 Å². The van der Waals surface area contributed by atoms with Gasteiger partial charge in [0.1, 0.15) is 5.75 Å². The lowest BCUT2D eigenvalue weighted by atomic mass is 9.96. The molecule has 0 unspecified atom stereocenters. The van der Waals surface area contributed by atoms with E-state index >= 15 is 0 Å². The number of pyridine rings is 1. The van der Waals surface area contributed by atoms with Gasteiger partial charge in [0.25, 0.3) is 0 Å². The Balaban J connectivity index is 0.00000541. The first-order chi connectivity index (χ1) is 23.1. The average molecular weight is 726 g/mol. The molecule has 8 nitrogen and oxygen atoms in total. The first kappa shape index (κ1) is 36.7. The van der Waals surface area contributed by atoms with Crippen molar-refractivity contribution in [3.63, 3.8) is 0 Å². The summed E-state index contributed by atoms with van der Waals surface area (Å²) in [6, 6.07) is 12.6. The SMILES string of the molecule is COc1cc(C)c(/C=C/C(C)=C/C=C/C(C)=C/C(=O)Nc2cc[n+](CCCOc3c4occc4cc4ccc(=O)oc34)cc2)c(C)c1C.[Br-]. The summed E-state index contributed by atoms with van der Waals surface area (Å²) >= 11 is 0. The second-order valence-corrected chi connectivity index (χ2v) is 11.8. The fourth-order valence-corrected chi connectivity index (χ4v) is 5.44. The number of nitrogens with one attached hydrogen (secondary N) is 1. The summed E-state index contributed by atoms with van der Waals surface area (Å²) in [6.07, 6.45) is 17.8. The van der Waals surface area contributed by atoms with Crippen LogP contribution in [0.5, 0.6) is 11.5 Å². The number of benzene rings is 2. The first-order valence-electron chi connectivity index (χ1n) is 15.9. The van der Waals surface area contributed by atoms with Crippen LogP contribution in [-0.2, 0) is 11.3 Å². The number of methoxy groups -OCH3 is 1. The third-order valence-electron chi connectivity index (χ3n) is 8.17. The molecule has 0 saturated carbocycles. The Kier molecular flexibility index (Phi) is 12.6. The second kappa shape index (κ2) is 16.8. The molecule has 0 aliphatic carbocycles. The first-order valence-corrected chi connectivity index (χ1v) is 15.9. The number of hydrogen-bond acceptors (Lipinski definition) is 6. The van der Waals surface area contributed by atoms with E-state index in [4.69, 9.17) is 18.3 Å². The van der Waals surface area contributed by atoms with Crippen molar-refractivity contribution in [2.24, 2.45) is 0 Å². The van der Waals surface area contributed by atoms with E-state index in [0.29, 0.717) is 42.2 Å². The molecule has 0 aliphatic rings. The predicted molar refractivity (Wildman–Crippen MR) is 191 cm³/mol. The van der Waals surface area contributed by atoms with Gasteiger partial charge < -0.3 is 40.6 Å². The number of ether oxygens (including phenoxy) is 2. The number of anilines is 1. The lowest BCUT2D eigenvalue weighted by Crippen LogP contribution is -3.00. The maximum Gasteiger partial charge on any atom is 0.336 e. The second-order valence-electron chi connectivity index (χ2n) is 11.8. The molecule has 0 bridgehead atoms. The summed E-state index contributed by atoms with van der Waals surface area (Å²) in [5.41, 5.74) is 7.84. The lowest BCUT2D eigenvalue weighted by molar-refractivity contribution is -0.697. The van der Waals surface area contributed by atoms with Gasteiger partial charge in [0.2, 0.25) is 11.7 Å². The van der Waals surface area contributed by atoms with Crippen molar-refractivity contribution in [1.29, 1.82) is 0 Å². The zero-order valence-electron chi connectivity index (χ0n) is 28.6. The molecular weight excluding hydrogens is 684 g/mol. The number of aryl methyl sites for hydroxylation is 2. The Morgan fingerprint density at radius 1 is 0.939 bits per heavy atom. The molecule has 5 rings (SSSR count). The Morgan fingerprint density at radius 2 is 1.69 bits per heavy atom. The summed E-state index contributed by atoms with van der Waals surface area (Å²) in [4.78, 5) is 24.5. The van der Waals surface area contributed by atoms with Gasteiger partial charge in [0.05, 0.1) is 25.7 Å². The molecular formula is C40H41BrN2O6. The molecule has 254 valence electrons. The van der Waals surface area contributed by atoms with Crippen molar-refractivity contribution in [2.45, 2.75) is 47.6 Å². The number of allylic oxidation sites excluding steroid dienone is 6. The summed E-state index contributed by atoms with van der Waals surface area (Å²) in [6.45, 7) is 11.3.